The molecule has 3 rings (SSSR count). The highest BCUT2D eigenvalue weighted by Gasteiger charge is 2.24. The summed E-state index contributed by atoms with van der Waals surface area (Å²) in [6.07, 6.45) is -0.492. The average Bonchev–Trinajstić information content (AvgIpc) is 2.87. The summed E-state index contributed by atoms with van der Waals surface area (Å²) in [5.41, 5.74) is 0.450. The summed E-state index contributed by atoms with van der Waals surface area (Å²) in [7, 11) is 0. The van der Waals surface area contributed by atoms with Crippen molar-refractivity contribution in [2.45, 2.75) is 39.4 Å². The van der Waals surface area contributed by atoms with Gasteiger partial charge >= 0.3 is 5.69 Å². The smallest absolute Gasteiger partial charge is 0.333 e. The Morgan fingerprint density at radius 3 is 2.46 bits per heavy atom. The van der Waals surface area contributed by atoms with Crippen molar-refractivity contribution in [2.75, 3.05) is 0 Å². The molecule has 0 fully saturated rings. The van der Waals surface area contributed by atoms with Gasteiger partial charge < -0.3 is 14.8 Å². The Balaban J connectivity index is 2.20. The van der Waals surface area contributed by atoms with Gasteiger partial charge in [-0.2, -0.15) is 5.26 Å². The molecule has 0 amide bonds. The number of benzene rings is 2. The van der Waals surface area contributed by atoms with Crippen molar-refractivity contribution in [1.82, 2.24) is 9.55 Å². The molecule has 0 unspecified atom stereocenters. The molecule has 2 N–H and O–H groups in total. The quantitative estimate of drug-likeness (QED) is 0.751. The van der Waals surface area contributed by atoms with E-state index in [0.29, 0.717) is 22.3 Å². The number of imidazole rings is 1. The molecule has 2 aromatic carbocycles. The van der Waals surface area contributed by atoms with Crippen LogP contribution in [0.1, 0.15) is 45.1 Å². The van der Waals surface area contributed by atoms with Gasteiger partial charge in [-0.3, -0.25) is 0 Å². The van der Waals surface area contributed by atoms with Gasteiger partial charge in [-0.05, 0) is 39.8 Å². The highest BCUT2D eigenvalue weighted by molar-refractivity contribution is 5.94. The molecule has 26 heavy (non-hydrogen) atoms. The Morgan fingerprint density at radius 2 is 1.85 bits per heavy atom. The van der Waals surface area contributed by atoms with E-state index in [-0.39, 0.29) is 5.88 Å². The lowest BCUT2D eigenvalue weighted by molar-refractivity contribution is -0.0554. The van der Waals surface area contributed by atoms with Crippen molar-refractivity contribution in [3.8, 4) is 17.6 Å². The predicted molar refractivity (Wildman–Crippen MR) is 99.5 cm³/mol. The van der Waals surface area contributed by atoms with Crippen LogP contribution in [0.4, 0.5) is 0 Å². The lowest BCUT2D eigenvalue weighted by Crippen LogP contribution is -2.21. The van der Waals surface area contributed by atoms with Crippen molar-refractivity contribution in [3.05, 3.63) is 58.1 Å². The van der Waals surface area contributed by atoms with Crippen LogP contribution in [0.15, 0.2) is 41.2 Å². The second-order valence-electron chi connectivity index (χ2n) is 7.16. The molecule has 0 saturated carbocycles. The van der Waals surface area contributed by atoms with Gasteiger partial charge in [-0.1, -0.05) is 24.3 Å². The molecule has 134 valence electrons. The van der Waals surface area contributed by atoms with E-state index in [1.807, 2.05) is 45.0 Å². The van der Waals surface area contributed by atoms with Gasteiger partial charge in [-0.25, -0.2) is 9.36 Å². The minimum atomic E-state index is -0.492. The predicted octanol–water partition coefficient (Wildman–Crippen LogP) is 3.77. The Kier molecular flexibility index (Phi) is 4.34. The Bertz CT molecular complexity index is 1060. The van der Waals surface area contributed by atoms with Crippen LogP contribution >= 0.6 is 0 Å². The Morgan fingerprint density at radius 1 is 1.19 bits per heavy atom. The van der Waals surface area contributed by atoms with Crippen LogP contribution in [0.5, 0.6) is 5.88 Å². The monoisotopic (exact) mass is 351 g/mol. The summed E-state index contributed by atoms with van der Waals surface area (Å²) in [6.45, 7) is 7.49. The number of hydrogen-bond donors (Lipinski definition) is 2. The molecule has 1 aromatic heterocycles. The van der Waals surface area contributed by atoms with Crippen molar-refractivity contribution in [2.24, 2.45) is 0 Å². The van der Waals surface area contributed by atoms with Crippen LogP contribution < -0.4 is 5.69 Å². The van der Waals surface area contributed by atoms with Crippen molar-refractivity contribution < 1.29 is 9.84 Å². The zero-order valence-corrected chi connectivity index (χ0v) is 15.2. The number of nitrogens with one attached hydrogen (secondary N) is 1. The van der Waals surface area contributed by atoms with E-state index in [9.17, 15) is 15.2 Å². The van der Waals surface area contributed by atoms with E-state index >= 15 is 0 Å². The molecule has 0 radical (unpaired) electrons. The molecule has 1 heterocycles. The maximum Gasteiger partial charge on any atom is 0.333 e. The fourth-order valence-electron chi connectivity index (χ4n) is 3.12. The lowest BCUT2D eigenvalue weighted by Gasteiger charge is -2.24. The van der Waals surface area contributed by atoms with Gasteiger partial charge in [0.15, 0.2) is 0 Å². The third-order valence-corrected chi connectivity index (χ3v) is 4.10. The van der Waals surface area contributed by atoms with E-state index in [1.54, 1.807) is 19.1 Å². The number of ether oxygens (including phenoxy) is 1. The lowest BCUT2D eigenvalue weighted by atomic mass is 10.0. The normalized spacial score (nSPS) is 12.9. The van der Waals surface area contributed by atoms with E-state index in [4.69, 9.17) is 4.74 Å². The molecule has 0 spiro atoms. The molecule has 0 aliphatic heterocycles. The average molecular weight is 351 g/mol. The van der Waals surface area contributed by atoms with Gasteiger partial charge in [0.1, 0.15) is 11.8 Å². The minimum Gasteiger partial charge on any atom is -0.493 e. The second-order valence-corrected chi connectivity index (χ2v) is 7.16. The summed E-state index contributed by atoms with van der Waals surface area (Å²) in [6, 6.07) is 12.7. The minimum absolute atomic E-state index is 0.193. The van der Waals surface area contributed by atoms with Gasteiger partial charge in [-0.15, -0.1) is 0 Å². The molecule has 6 nitrogen and oxygen atoms in total. The topological polar surface area (TPSA) is 91.0 Å². The third kappa shape index (κ3) is 3.09. The molecule has 0 saturated heterocycles. The van der Waals surface area contributed by atoms with Crippen LogP contribution in [-0.4, -0.2) is 20.3 Å². The van der Waals surface area contributed by atoms with Crippen LogP contribution in [0.2, 0.25) is 0 Å². The SMILES string of the molecule is C[C@@H](OC(C)(C)C)c1[nH]c(=O)n(-c2ccc(C#N)c3ccccc23)c1O. The molecule has 3 aromatic rings. The molecular weight excluding hydrogens is 330 g/mol. The summed E-state index contributed by atoms with van der Waals surface area (Å²) in [4.78, 5) is 15.3. The fraction of sp³-hybridized carbons (Fsp3) is 0.300. The standard InChI is InChI=1S/C20H21N3O3/c1-12(26-20(2,3)4)17-18(24)23(19(25)22-17)16-10-9-13(11-21)14-7-5-6-8-15(14)16/h5-10,12,24H,1-4H3,(H,22,25)/t12-/m1/s1. The molecular formula is C20H21N3O3. The number of nitrogens with zero attached hydrogens (tertiary/aromatic N) is 2. The first-order valence-electron chi connectivity index (χ1n) is 8.37. The first-order valence-corrected chi connectivity index (χ1v) is 8.37. The Labute approximate surface area is 151 Å². The number of fused-ring (bicyclic) bond motifs is 1. The first-order chi connectivity index (χ1) is 12.2. The van der Waals surface area contributed by atoms with E-state index in [2.05, 4.69) is 11.1 Å². The number of aromatic hydroxyl groups is 1. The summed E-state index contributed by atoms with van der Waals surface area (Å²) >= 11 is 0. The summed E-state index contributed by atoms with van der Waals surface area (Å²) < 4.78 is 7.06. The van der Waals surface area contributed by atoms with Crippen molar-refractivity contribution in [3.63, 3.8) is 0 Å². The second kappa shape index (κ2) is 6.36. The molecule has 0 aliphatic carbocycles. The van der Waals surface area contributed by atoms with Gasteiger partial charge in [0.25, 0.3) is 0 Å². The van der Waals surface area contributed by atoms with Gasteiger partial charge in [0, 0.05) is 10.8 Å². The number of aromatic nitrogens is 2. The maximum atomic E-state index is 12.6. The molecule has 1 atom stereocenters. The summed E-state index contributed by atoms with van der Waals surface area (Å²) in [5, 5.41) is 21.4. The van der Waals surface area contributed by atoms with E-state index in [1.165, 1.54) is 4.57 Å². The highest BCUT2D eigenvalue weighted by Crippen LogP contribution is 2.32. The van der Waals surface area contributed by atoms with E-state index in [0.717, 1.165) is 5.39 Å². The zero-order chi connectivity index (χ0) is 19.1. The highest BCUT2D eigenvalue weighted by atomic mass is 16.5. The number of H-pyrrole nitrogens is 1. The largest absolute Gasteiger partial charge is 0.493 e. The van der Waals surface area contributed by atoms with Crippen molar-refractivity contribution in [1.29, 1.82) is 5.26 Å². The van der Waals surface area contributed by atoms with Gasteiger partial charge in [0.2, 0.25) is 5.88 Å². The molecule has 0 aliphatic rings. The molecule has 0 bridgehead atoms. The van der Waals surface area contributed by atoms with Crippen LogP contribution in [0.25, 0.3) is 16.5 Å². The van der Waals surface area contributed by atoms with Gasteiger partial charge in [0.05, 0.1) is 22.9 Å². The third-order valence-electron chi connectivity index (χ3n) is 4.10. The molecule has 6 heteroatoms. The first kappa shape index (κ1) is 17.8. The fourth-order valence-corrected chi connectivity index (χ4v) is 3.12. The Hall–Kier alpha value is -3.04. The van der Waals surface area contributed by atoms with Crippen LogP contribution in [-0.2, 0) is 4.74 Å². The number of hydrogen-bond acceptors (Lipinski definition) is 4. The maximum absolute atomic E-state index is 12.6. The summed E-state index contributed by atoms with van der Waals surface area (Å²) in [5.74, 6) is -0.193. The number of rotatable bonds is 3. The van der Waals surface area contributed by atoms with E-state index < -0.39 is 17.4 Å². The number of nitriles is 1. The zero-order valence-electron chi connectivity index (χ0n) is 15.2. The number of aromatic amines is 1. The van der Waals surface area contributed by atoms with Crippen LogP contribution in [0.3, 0.4) is 0 Å². The van der Waals surface area contributed by atoms with Crippen molar-refractivity contribution >= 4 is 10.8 Å². The van der Waals surface area contributed by atoms with Crippen LogP contribution in [0, 0.1) is 11.3 Å².